The van der Waals surface area contributed by atoms with Crippen LogP contribution in [0.4, 0.5) is 0 Å². The van der Waals surface area contributed by atoms with Gasteiger partial charge in [0, 0.05) is 5.33 Å². The second-order valence-electron chi connectivity index (χ2n) is 5.24. The summed E-state index contributed by atoms with van der Waals surface area (Å²) < 4.78 is 0. The van der Waals surface area contributed by atoms with Crippen LogP contribution in [0.15, 0.2) is 18.2 Å². The van der Waals surface area contributed by atoms with E-state index in [2.05, 4.69) is 40.2 Å². The average molecular weight is 338 g/mol. The second-order valence-corrected chi connectivity index (χ2v) is 5.80. The first-order chi connectivity index (χ1) is 9.74. The lowest BCUT2D eigenvalue weighted by molar-refractivity contribution is -0.300. The second kappa shape index (κ2) is 7.21. The Hall–Kier alpha value is -0.890. The molecule has 0 radical (unpaired) electrons. The number of hydrogen-bond donors (Lipinski definition) is 0. The van der Waals surface area contributed by atoms with Gasteiger partial charge in [-0.2, -0.15) is 5.26 Å². The van der Waals surface area contributed by atoms with Crippen LogP contribution < -0.4 is 0 Å². The predicted octanol–water partition coefficient (Wildman–Crippen LogP) is 4.38. The number of nitriles is 1. The zero-order valence-electron chi connectivity index (χ0n) is 11.8. The maximum Gasteiger partial charge on any atom is 0.107 e. The summed E-state index contributed by atoms with van der Waals surface area (Å²) in [7, 11) is 0. The number of benzene rings is 1. The molecule has 20 heavy (non-hydrogen) atoms. The van der Waals surface area contributed by atoms with Gasteiger partial charge in [-0.1, -0.05) is 47.0 Å². The van der Waals surface area contributed by atoms with Gasteiger partial charge in [0.1, 0.15) is 6.61 Å². The highest BCUT2D eigenvalue weighted by atomic mass is 79.9. The van der Waals surface area contributed by atoms with E-state index in [1.54, 1.807) is 0 Å². The third-order valence-corrected chi connectivity index (χ3v) is 4.50. The van der Waals surface area contributed by atoms with Gasteiger partial charge in [0.2, 0.25) is 0 Å². The molecule has 0 saturated heterocycles. The molecule has 0 aliphatic heterocycles. The molecule has 0 N–H and O–H groups in total. The van der Waals surface area contributed by atoms with Crippen molar-refractivity contribution >= 4 is 15.9 Å². The zero-order chi connectivity index (χ0) is 14.4. The van der Waals surface area contributed by atoms with E-state index < -0.39 is 0 Å². The molecule has 0 bridgehead atoms. The first-order valence-corrected chi connectivity index (χ1v) is 8.21. The van der Waals surface area contributed by atoms with Crippen molar-refractivity contribution < 1.29 is 9.78 Å². The molecule has 0 spiro atoms. The van der Waals surface area contributed by atoms with Gasteiger partial charge in [-0.15, -0.1) is 0 Å². The normalized spacial score (nSPS) is 17.1. The van der Waals surface area contributed by atoms with Crippen LogP contribution in [-0.4, -0.2) is 6.61 Å². The van der Waals surface area contributed by atoms with Gasteiger partial charge < -0.3 is 0 Å². The molecule has 2 rings (SSSR count). The minimum atomic E-state index is -0.307. The largest absolute Gasteiger partial charge is 0.237 e. The lowest BCUT2D eigenvalue weighted by atomic mass is 9.79. The van der Waals surface area contributed by atoms with Crippen LogP contribution in [-0.2, 0) is 27.1 Å². The van der Waals surface area contributed by atoms with Crippen LogP contribution in [0.3, 0.4) is 0 Å². The summed E-state index contributed by atoms with van der Waals surface area (Å²) in [5.41, 5.74) is 3.06. The van der Waals surface area contributed by atoms with Crippen LogP contribution in [0.1, 0.15) is 49.3 Å². The molecule has 3 nitrogen and oxygen atoms in total. The smallest absolute Gasteiger partial charge is 0.107 e. The standard InChI is InChI=1S/C16H20BrNO2/c1-2-19-20-11-14-7-13(10-17)8-15(9-14)16(12-18)5-3-4-6-16/h7-9H,2-6,10-11H2,1H3. The van der Waals surface area contributed by atoms with Crippen molar-refractivity contribution in [2.45, 2.75) is 50.0 Å². The lowest BCUT2D eigenvalue weighted by Gasteiger charge is -2.22. The average Bonchev–Trinajstić information content (AvgIpc) is 2.97. The predicted molar refractivity (Wildman–Crippen MR) is 81.2 cm³/mol. The molecule has 1 aliphatic carbocycles. The maximum atomic E-state index is 9.62. The molecule has 1 aromatic rings. The third-order valence-electron chi connectivity index (χ3n) is 3.86. The van der Waals surface area contributed by atoms with E-state index in [9.17, 15) is 5.26 Å². The van der Waals surface area contributed by atoms with Crippen LogP contribution in [0, 0.1) is 11.3 Å². The maximum absolute atomic E-state index is 9.62. The fourth-order valence-electron chi connectivity index (χ4n) is 2.84. The molecule has 0 unspecified atom stereocenters. The molecule has 0 amide bonds. The first kappa shape index (κ1) is 15.5. The van der Waals surface area contributed by atoms with E-state index in [1.807, 2.05) is 6.92 Å². The zero-order valence-corrected chi connectivity index (χ0v) is 13.4. The number of halogens is 1. The number of rotatable bonds is 6. The van der Waals surface area contributed by atoms with E-state index in [0.717, 1.165) is 42.1 Å². The lowest BCUT2D eigenvalue weighted by Crippen LogP contribution is -2.20. The van der Waals surface area contributed by atoms with Crippen molar-refractivity contribution in [2.24, 2.45) is 0 Å². The number of nitrogens with zero attached hydrogens (tertiary/aromatic N) is 1. The van der Waals surface area contributed by atoms with Gasteiger partial charge in [-0.05, 0) is 36.5 Å². The van der Waals surface area contributed by atoms with Crippen LogP contribution in [0.5, 0.6) is 0 Å². The summed E-state index contributed by atoms with van der Waals surface area (Å²) in [5.74, 6) is 0. The van der Waals surface area contributed by atoms with Crippen LogP contribution in [0.25, 0.3) is 0 Å². The molecule has 108 valence electrons. The molecule has 0 atom stereocenters. The van der Waals surface area contributed by atoms with E-state index >= 15 is 0 Å². The van der Waals surface area contributed by atoms with Crippen molar-refractivity contribution in [3.8, 4) is 6.07 Å². The highest BCUT2D eigenvalue weighted by Crippen LogP contribution is 2.41. The topological polar surface area (TPSA) is 42.2 Å². The third kappa shape index (κ3) is 3.41. The molecule has 4 heteroatoms. The van der Waals surface area contributed by atoms with Crippen molar-refractivity contribution in [1.82, 2.24) is 0 Å². The van der Waals surface area contributed by atoms with Crippen molar-refractivity contribution in [1.29, 1.82) is 5.26 Å². The summed E-state index contributed by atoms with van der Waals surface area (Å²) in [6, 6.07) is 8.89. The van der Waals surface area contributed by atoms with E-state index in [4.69, 9.17) is 9.78 Å². The SMILES string of the molecule is CCOOCc1cc(CBr)cc(C2(C#N)CCCC2)c1. The highest BCUT2D eigenvalue weighted by Gasteiger charge is 2.36. The fourth-order valence-corrected chi connectivity index (χ4v) is 3.16. The molecule has 1 aliphatic rings. The molecule has 1 saturated carbocycles. The minimum Gasteiger partial charge on any atom is -0.237 e. The van der Waals surface area contributed by atoms with E-state index in [1.165, 1.54) is 5.56 Å². The fraction of sp³-hybridized carbons (Fsp3) is 0.562. The molecular weight excluding hydrogens is 318 g/mol. The Kier molecular flexibility index (Phi) is 5.59. The molecular formula is C16H20BrNO2. The Labute approximate surface area is 128 Å². The van der Waals surface area contributed by atoms with Gasteiger partial charge in [0.15, 0.2) is 0 Å². The van der Waals surface area contributed by atoms with Crippen LogP contribution >= 0.6 is 15.9 Å². The molecule has 1 aromatic carbocycles. The van der Waals surface area contributed by atoms with Gasteiger partial charge >= 0.3 is 0 Å². The van der Waals surface area contributed by atoms with Crippen LogP contribution in [0.2, 0.25) is 0 Å². The number of alkyl halides is 1. The van der Waals surface area contributed by atoms with Crippen molar-refractivity contribution in [2.75, 3.05) is 6.61 Å². The molecule has 1 fully saturated rings. The number of hydrogen-bond acceptors (Lipinski definition) is 3. The monoisotopic (exact) mass is 337 g/mol. The molecule has 0 heterocycles. The van der Waals surface area contributed by atoms with E-state index in [-0.39, 0.29) is 5.41 Å². The van der Waals surface area contributed by atoms with Gasteiger partial charge in [0.05, 0.1) is 18.1 Å². The summed E-state index contributed by atoms with van der Waals surface area (Å²) in [6.07, 6.45) is 4.19. The highest BCUT2D eigenvalue weighted by molar-refractivity contribution is 9.08. The summed E-state index contributed by atoms with van der Waals surface area (Å²) in [4.78, 5) is 10.1. The Morgan fingerprint density at radius 3 is 2.50 bits per heavy atom. The Balaban J connectivity index is 2.28. The van der Waals surface area contributed by atoms with E-state index in [0.29, 0.717) is 13.2 Å². The Bertz CT molecular complexity index is 490. The van der Waals surface area contributed by atoms with Gasteiger partial charge in [-0.25, -0.2) is 9.78 Å². The quantitative estimate of drug-likeness (QED) is 0.334. The van der Waals surface area contributed by atoms with Crippen molar-refractivity contribution in [3.05, 3.63) is 34.9 Å². The molecule has 0 aromatic heterocycles. The van der Waals surface area contributed by atoms with Crippen molar-refractivity contribution in [3.63, 3.8) is 0 Å². The summed E-state index contributed by atoms with van der Waals surface area (Å²) >= 11 is 3.50. The van der Waals surface area contributed by atoms with Gasteiger partial charge in [-0.3, -0.25) is 0 Å². The Morgan fingerprint density at radius 2 is 1.90 bits per heavy atom. The van der Waals surface area contributed by atoms with Gasteiger partial charge in [0.25, 0.3) is 0 Å². The Morgan fingerprint density at radius 1 is 1.20 bits per heavy atom. The summed E-state index contributed by atoms with van der Waals surface area (Å²) in [5, 5.41) is 10.4. The minimum absolute atomic E-state index is 0.307. The summed E-state index contributed by atoms with van der Waals surface area (Å²) in [6.45, 7) is 2.85. The first-order valence-electron chi connectivity index (χ1n) is 7.09.